The highest BCUT2D eigenvalue weighted by Gasteiger charge is 2.19. The summed E-state index contributed by atoms with van der Waals surface area (Å²) in [4.78, 5) is 31.3. The van der Waals surface area contributed by atoms with Gasteiger partial charge in [-0.2, -0.15) is 0 Å². The SMILES string of the molecule is C#CCN(Cc1cc2c(=O)n(C)c(CO)nc2cc1Cl)c1ccc(C(=O)OC(C)(C)C)cc1. The molecule has 0 unspecified atom stereocenters. The van der Waals surface area contributed by atoms with E-state index < -0.39 is 11.6 Å². The van der Waals surface area contributed by atoms with Gasteiger partial charge in [-0.25, -0.2) is 9.78 Å². The molecular formula is C25H26ClN3O4. The zero-order chi connectivity index (χ0) is 24.3. The van der Waals surface area contributed by atoms with E-state index in [9.17, 15) is 14.7 Å². The number of aromatic nitrogens is 2. The summed E-state index contributed by atoms with van der Waals surface area (Å²) in [5.41, 5.74) is 1.49. The molecule has 1 aromatic heterocycles. The van der Waals surface area contributed by atoms with Crippen molar-refractivity contribution in [1.29, 1.82) is 0 Å². The first kappa shape index (κ1) is 24.3. The number of halogens is 1. The van der Waals surface area contributed by atoms with Gasteiger partial charge in [0.2, 0.25) is 0 Å². The summed E-state index contributed by atoms with van der Waals surface area (Å²) in [5, 5.41) is 10.3. The number of nitrogens with zero attached hydrogens (tertiary/aromatic N) is 3. The molecule has 7 nitrogen and oxygen atoms in total. The summed E-state index contributed by atoms with van der Waals surface area (Å²) in [5.74, 6) is 2.49. The first-order chi connectivity index (χ1) is 15.5. The van der Waals surface area contributed by atoms with Crippen LogP contribution in [0.1, 0.15) is 42.5 Å². The normalized spacial score (nSPS) is 11.3. The number of fused-ring (bicyclic) bond motifs is 1. The fraction of sp³-hybridized carbons (Fsp3) is 0.320. The minimum Gasteiger partial charge on any atom is -0.456 e. The number of ether oxygens (including phenoxy) is 1. The van der Waals surface area contributed by atoms with Crippen LogP contribution in [0.3, 0.4) is 0 Å². The van der Waals surface area contributed by atoms with Crippen LogP contribution in [0.5, 0.6) is 0 Å². The van der Waals surface area contributed by atoms with Crippen molar-refractivity contribution in [2.24, 2.45) is 7.05 Å². The van der Waals surface area contributed by atoms with E-state index in [4.69, 9.17) is 22.8 Å². The predicted octanol–water partition coefficient (Wildman–Crippen LogP) is 3.67. The van der Waals surface area contributed by atoms with E-state index in [-0.39, 0.29) is 18.0 Å². The van der Waals surface area contributed by atoms with Crippen molar-refractivity contribution in [2.75, 3.05) is 11.4 Å². The number of aliphatic hydroxyl groups is 1. The van der Waals surface area contributed by atoms with Crippen LogP contribution in [0.4, 0.5) is 5.69 Å². The number of carbonyl (C=O) groups is 1. The number of hydrogen-bond acceptors (Lipinski definition) is 6. The first-order valence-corrected chi connectivity index (χ1v) is 10.7. The zero-order valence-corrected chi connectivity index (χ0v) is 19.8. The number of rotatable bonds is 6. The summed E-state index contributed by atoms with van der Waals surface area (Å²) < 4.78 is 6.72. The number of benzene rings is 2. The van der Waals surface area contributed by atoms with Crippen LogP contribution in [-0.4, -0.2) is 32.8 Å². The second-order valence-corrected chi connectivity index (χ2v) is 9.03. The van der Waals surface area contributed by atoms with Crippen LogP contribution in [0, 0.1) is 12.3 Å². The molecule has 172 valence electrons. The van der Waals surface area contributed by atoms with Gasteiger partial charge in [-0.1, -0.05) is 17.5 Å². The van der Waals surface area contributed by atoms with Crippen molar-refractivity contribution in [3.05, 3.63) is 68.7 Å². The zero-order valence-electron chi connectivity index (χ0n) is 19.1. The molecule has 0 saturated heterocycles. The van der Waals surface area contributed by atoms with E-state index in [1.54, 1.807) is 43.4 Å². The van der Waals surface area contributed by atoms with E-state index in [1.807, 2.05) is 25.7 Å². The second-order valence-electron chi connectivity index (χ2n) is 8.62. The third kappa shape index (κ3) is 5.54. The molecule has 1 heterocycles. The molecule has 2 aromatic carbocycles. The Balaban J connectivity index is 1.93. The fourth-order valence-electron chi connectivity index (χ4n) is 3.35. The lowest BCUT2D eigenvalue weighted by Gasteiger charge is -2.24. The van der Waals surface area contributed by atoms with E-state index in [2.05, 4.69) is 10.9 Å². The van der Waals surface area contributed by atoms with E-state index in [0.29, 0.717) is 40.1 Å². The highest BCUT2D eigenvalue weighted by molar-refractivity contribution is 6.32. The monoisotopic (exact) mass is 467 g/mol. The molecule has 0 atom stereocenters. The largest absolute Gasteiger partial charge is 0.456 e. The van der Waals surface area contributed by atoms with Crippen LogP contribution < -0.4 is 10.5 Å². The van der Waals surface area contributed by atoms with Gasteiger partial charge in [0.15, 0.2) is 0 Å². The minimum absolute atomic E-state index is 0.260. The Hall–Kier alpha value is -3.34. The molecule has 0 aliphatic heterocycles. The fourth-order valence-corrected chi connectivity index (χ4v) is 3.56. The molecular weight excluding hydrogens is 442 g/mol. The number of anilines is 1. The molecule has 1 N–H and O–H groups in total. The highest BCUT2D eigenvalue weighted by Crippen LogP contribution is 2.26. The average molecular weight is 468 g/mol. The summed E-state index contributed by atoms with van der Waals surface area (Å²) in [6.07, 6.45) is 5.59. The van der Waals surface area contributed by atoms with Gasteiger partial charge in [0.1, 0.15) is 18.0 Å². The summed E-state index contributed by atoms with van der Waals surface area (Å²) in [6.45, 7) is 5.73. The number of carbonyl (C=O) groups excluding carboxylic acids is 1. The van der Waals surface area contributed by atoms with Crippen molar-refractivity contribution >= 4 is 34.2 Å². The molecule has 0 radical (unpaired) electrons. The third-order valence-corrected chi connectivity index (χ3v) is 5.34. The maximum Gasteiger partial charge on any atom is 0.338 e. The Morgan fingerprint density at radius 1 is 1.27 bits per heavy atom. The average Bonchev–Trinajstić information content (AvgIpc) is 2.75. The summed E-state index contributed by atoms with van der Waals surface area (Å²) >= 11 is 6.50. The maximum atomic E-state index is 12.7. The van der Waals surface area contributed by atoms with Crippen molar-refractivity contribution in [3.63, 3.8) is 0 Å². The van der Waals surface area contributed by atoms with Crippen LogP contribution >= 0.6 is 11.6 Å². The van der Waals surface area contributed by atoms with E-state index in [0.717, 1.165) is 5.69 Å². The van der Waals surface area contributed by atoms with Gasteiger partial charge < -0.3 is 14.7 Å². The number of esters is 1. The molecule has 3 rings (SSSR count). The van der Waals surface area contributed by atoms with E-state index >= 15 is 0 Å². The van der Waals surface area contributed by atoms with Crippen LogP contribution in [0.25, 0.3) is 10.9 Å². The topological polar surface area (TPSA) is 84.7 Å². The lowest BCUT2D eigenvalue weighted by Crippen LogP contribution is -2.25. The van der Waals surface area contributed by atoms with Gasteiger partial charge in [0.25, 0.3) is 5.56 Å². The standard InChI is InChI=1S/C25H26ClN3O4/c1-6-11-29(18-9-7-16(8-10-18)24(32)33-25(2,3)4)14-17-12-19-21(13-20(17)26)27-22(15-30)28(5)23(19)31/h1,7-10,12-13,30H,11,14-15H2,2-5H3. The summed E-state index contributed by atoms with van der Waals surface area (Å²) in [6, 6.07) is 10.3. The van der Waals surface area contributed by atoms with Crippen molar-refractivity contribution in [2.45, 2.75) is 39.5 Å². The highest BCUT2D eigenvalue weighted by atomic mass is 35.5. The second kappa shape index (κ2) is 9.65. The third-order valence-electron chi connectivity index (χ3n) is 4.99. The molecule has 0 aliphatic rings. The Morgan fingerprint density at radius 2 is 1.94 bits per heavy atom. The molecule has 0 saturated carbocycles. The van der Waals surface area contributed by atoms with Crippen LogP contribution in [0.2, 0.25) is 5.02 Å². The van der Waals surface area contributed by atoms with Gasteiger partial charge in [0, 0.05) is 24.3 Å². The number of aliphatic hydroxyl groups excluding tert-OH is 1. The quantitative estimate of drug-likeness (QED) is 0.440. The Morgan fingerprint density at radius 3 is 2.52 bits per heavy atom. The van der Waals surface area contributed by atoms with Crippen molar-refractivity contribution in [3.8, 4) is 12.3 Å². The van der Waals surface area contributed by atoms with Gasteiger partial charge in [-0.3, -0.25) is 9.36 Å². The van der Waals surface area contributed by atoms with Crippen molar-refractivity contribution in [1.82, 2.24) is 9.55 Å². The lowest BCUT2D eigenvalue weighted by molar-refractivity contribution is 0.00695. The Bertz CT molecular complexity index is 1280. The Kier molecular flexibility index (Phi) is 7.11. The predicted molar refractivity (Wildman–Crippen MR) is 129 cm³/mol. The first-order valence-electron chi connectivity index (χ1n) is 10.3. The molecule has 0 amide bonds. The van der Waals surface area contributed by atoms with Gasteiger partial charge >= 0.3 is 5.97 Å². The van der Waals surface area contributed by atoms with Crippen LogP contribution in [0.15, 0.2) is 41.2 Å². The lowest BCUT2D eigenvalue weighted by atomic mass is 10.1. The van der Waals surface area contributed by atoms with Crippen LogP contribution in [-0.2, 0) is 24.9 Å². The number of terminal acetylenes is 1. The molecule has 3 aromatic rings. The Labute approximate surface area is 197 Å². The number of hydrogen-bond donors (Lipinski definition) is 1. The minimum atomic E-state index is -0.581. The molecule has 0 aliphatic carbocycles. The molecule has 8 heteroatoms. The molecule has 0 fully saturated rings. The molecule has 33 heavy (non-hydrogen) atoms. The van der Waals surface area contributed by atoms with Gasteiger partial charge in [-0.05, 0) is 62.7 Å². The smallest absolute Gasteiger partial charge is 0.338 e. The summed E-state index contributed by atoms with van der Waals surface area (Å²) in [7, 11) is 1.56. The maximum absolute atomic E-state index is 12.7. The van der Waals surface area contributed by atoms with E-state index in [1.165, 1.54) is 4.57 Å². The van der Waals surface area contributed by atoms with Gasteiger partial charge in [-0.15, -0.1) is 6.42 Å². The molecule has 0 spiro atoms. The van der Waals surface area contributed by atoms with Crippen molar-refractivity contribution < 1.29 is 14.6 Å². The molecule has 0 bridgehead atoms. The van der Waals surface area contributed by atoms with Gasteiger partial charge in [0.05, 0.1) is 23.0 Å².